The smallest absolute Gasteiger partial charge is 0.261 e. The van der Waals surface area contributed by atoms with E-state index in [1.807, 2.05) is 12.1 Å². The van der Waals surface area contributed by atoms with Gasteiger partial charge in [-0.1, -0.05) is 26.8 Å². The standard InChI is InChI=1S/C32H41FN6O4S/c1-19-26-12-21(32(26,2)3)13-28(19)36-31(39-16-23(17-39)37-44(5,41)42)35-22-7-9-25-29(14-22)34-18-38(30(25)40)11-10-20-6-8-24(43-4)15-27(20)33/h6-9,14-15,18-19,21,23,26,28,37H,10-13,16-17H2,1-5H3,(H,35,36). The molecule has 10 nitrogen and oxygen atoms in total. The van der Waals surface area contributed by atoms with E-state index in [0.29, 0.717) is 70.9 Å². The van der Waals surface area contributed by atoms with Crippen molar-refractivity contribution in [3.8, 4) is 5.75 Å². The number of nitrogens with zero attached hydrogens (tertiary/aromatic N) is 4. The molecule has 236 valence electrons. The van der Waals surface area contributed by atoms with Crippen molar-refractivity contribution in [2.24, 2.45) is 28.2 Å². The van der Waals surface area contributed by atoms with Crippen molar-refractivity contribution in [3.63, 3.8) is 0 Å². The first-order valence-electron chi connectivity index (χ1n) is 15.2. The number of fused-ring (bicyclic) bond motifs is 3. The Morgan fingerprint density at radius 1 is 1.18 bits per heavy atom. The van der Waals surface area contributed by atoms with E-state index >= 15 is 0 Å². The van der Waals surface area contributed by atoms with E-state index in [1.54, 1.807) is 18.2 Å². The van der Waals surface area contributed by atoms with Gasteiger partial charge in [-0.15, -0.1) is 0 Å². The largest absolute Gasteiger partial charge is 0.497 e. The molecule has 12 heteroatoms. The molecule has 4 fully saturated rings. The molecule has 0 amide bonds. The number of halogens is 1. The fraction of sp³-hybridized carbons (Fsp3) is 0.531. The van der Waals surface area contributed by atoms with Crippen LogP contribution in [0, 0.1) is 29.0 Å². The topological polar surface area (TPSA) is 118 Å². The Balaban J connectivity index is 1.21. The fourth-order valence-electron chi connectivity index (χ4n) is 7.30. The van der Waals surface area contributed by atoms with Gasteiger partial charge in [0.15, 0.2) is 5.96 Å². The number of aromatic nitrogens is 2. The Morgan fingerprint density at radius 3 is 2.61 bits per heavy atom. The highest BCUT2D eigenvalue weighted by Crippen LogP contribution is 2.61. The average molecular weight is 625 g/mol. The van der Waals surface area contributed by atoms with Crippen LogP contribution in [-0.4, -0.2) is 67.4 Å². The van der Waals surface area contributed by atoms with Gasteiger partial charge in [0.25, 0.3) is 5.56 Å². The maximum atomic E-state index is 14.4. The molecule has 0 spiro atoms. The van der Waals surface area contributed by atoms with Crippen molar-refractivity contribution in [1.29, 1.82) is 0 Å². The number of guanidine groups is 1. The second-order valence-electron chi connectivity index (χ2n) is 13.3. The molecule has 4 aliphatic rings. The predicted octanol–water partition coefficient (Wildman–Crippen LogP) is 3.86. The zero-order valence-electron chi connectivity index (χ0n) is 25.9. The van der Waals surface area contributed by atoms with Crippen molar-refractivity contribution in [2.45, 2.75) is 58.7 Å². The Labute approximate surface area is 257 Å². The number of methoxy groups -OCH3 is 1. The summed E-state index contributed by atoms with van der Waals surface area (Å²) in [6, 6.07) is 10.1. The first-order chi connectivity index (χ1) is 20.8. The summed E-state index contributed by atoms with van der Waals surface area (Å²) < 4.78 is 47.2. The lowest BCUT2D eigenvalue weighted by atomic mass is 9.45. The summed E-state index contributed by atoms with van der Waals surface area (Å²) in [4.78, 5) is 25.1. The van der Waals surface area contributed by atoms with Crippen molar-refractivity contribution >= 4 is 32.6 Å². The van der Waals surface area contributed by atoms with E-state index in [-0.39, 0.29) is 30.0 Å². The molecule has 7 rings (SSSR count). The lowest BCUT2D eigenvalue weighted by Crippen LogP contribution is -2.62. The predicted molar refractivity (Wildman–Crippen MR) is 170 cm³/mol. The second kappa shape index (κ2) is 11.4. The maximum absolute atomic E-state index is 14.4. The summed E-state index contributed by atoms with van der Waals surface area (Å²) in [6.45, 7) is 8.36. The van der Waals surface area contributed by atoms with Gasteiger partial charge in [-0.3, -0.25) is 9.36 Å². The Kier molecular flexibility index (Phi) is 7.94. The minimum absolute atomic E-state index is 0.170. The molecule has 2 heterocycles. The van der Waals surface area contributed by atoms with Crippen molar-refractivity contribution in [2.75, 3.05) is 31.8 Å². The first kappa shape index (κ1) is 30.5. The Morgan fingerprint density at radius 2 is 1.95 bits per heavy atom. The fourth-order valence-corrected chi connectivity index (χ4v) is 8.05. The van der Waals surface area contributed by atoms with Gasteiger partial charge in [0.05, 0.1) is 42.7 Å². The van der Waals surface area contributed by atoms with E-state index < -0.39 is 10.0 Å². The third-order valence-electron chi connectivity index (χ3n) is 10.1. The van der Waals surface area contributed by atoms with Gasteiger partial charge < -0.3 is 15.0 Å². The number of likely N-dealkylation sites (tertiary alicyclic amines) is 1. The average Bonchev–Trinajstić information content (AvgIpc) is 2.94. The number of ether oxygens (including phenoxy) is 1. The molecule has 2 aromatic carbocycles. The van der Waals surface area contributed by atoms with Crippen LogP contribution in [0.1, 0.15) is 39.2 Å². The van der Waals surface area contributed by atoms with Crippen LogP contribution in [0.2, 0.25) is 0 Å². The molecule has 3 saturated carbocycles. The van der Waals surface area contributed by atoms with Crippen molar-refractivity contribution in [1.82, 2.24) is 19.2 Å². The zero-order valence-corrected chi connectivity index (χ0v) is 26.7. The van der Waals surface area contributed by atoms with Crippen LogP contribution in [0.5, 0.6) is 5.75 Å². The zero-order chi connectivity index (χ0) is 31.4. The molecule has 44 heavy (non-hydrogen) atoms. The van der Waals surface area contributed by atoms with Crippen LogP contribution in [0.3, 0.4) is 0 Å². The van der Waals surface area contributed by atoms with E-state index in [2.05, 4.69) is 40.7 Å². The summed E-state index contributed by atoms with van der Waals surface area (Å²) in [5.41, 5.74) is 1.94. The molecule has 4 atom stereocenters. The third kappa shape index (κ3) is 5.93. The number of anilines is 1. The Bertz CT molecular complexity index is 1770. The number of rotatable bonds is 8. The third-order valence-corrected chi connectivity index (χ3v) is 10.9. The van der Waals surface area contributed by atoms with Gasteiger partial charge in [0.2, 0.25) is 10.0 Å². The molecule has 0 radical (unpaired) electrons. The van der Waals surface area contributed by atoms with Gasteiger partial charge in [-0.2, -0.15) is 0 Å². The van der Waals surface area contributed by atoms with Crippen LogP contribution in [0.15, 0.2) is 52.5 Å². The minimum atomic E-state index is -3.30. The van der Waals surface area contributed by atoms with E-state index in [0.717, 1.165) is 12.1 Å². The molecule has 3 aliphatic carbocycles. The number of hydrogen-bond acceptors (Lipinski definition) is 6. The number of aliphatic imine (C=N–C) groups is 1. The highest BCUT2D eigenvalue weighted by atomic mass is 32.2. The van der Waals surface area contributed by atoms with Gasteiger partial charge >= 0.3 is 0 Å². The summed E-state index contributed by atoms with van der Waals surface area (Å²) >= 11 is 0. The van der Waals surface area contributed by atoms with Gasteiger partial charge in [-0.25, -0.2) is 27.5 Å². The molecule has 1 aromatic heterocycles. The number of sulfonamides is 1. The molecule has 2 N–H and O–H groups in total. The van der Waals surface area contributed by atoms with Crippen LogP contribution < -0.4 is 20.3 Å². The van der Waals surface area contributed by atoms with Gasteiger partial charge in [-0.05, 0) is 72.3 Å². The molecular weight excluding hydrogens is 583 g/mol. The van der Waals surface area contributed by atoms with Gasteiger partial charge in [0, 0.05) is 31.4 Å². The maximum Gasteiger partial charge on any atom is 0.261 e. The van der Waals surface area contributed by atoms with E-state index in [1.165, 1.54) is 36.7 Å². The molecule has 3 aromatic rings. The first-order valence-corrected chi connectivity index (χ1v) is 17.1. The van der Waals surface area contributed by atoms with Crippen LogP contribution in [-0.2, 0) is 23.0 Å². The quantitative estimate of drug-likeness (QED) is 0.289. The van der Waals surface area contributed by atoms with E-state index in [4.69, 9.17) is 9.73 Å². The molecule has 1 aliphatic heterocycles. The van der Waals surface area contributed by atoms with Crippen LogP contribution in [0.25, 0.3) is 10.9 Å². The van der Waals surface area contributed by atoms with Crippen LogP contribution in [0.4, 0.5) is 10.1 Å². The van der Waals surface area contributed by atoms with Gasteiger partial charge in [0.1, 0.15) is 11.6 Å². The number of aryl methyl sites for hydroxylation is 2. The summed E-state index contributed by atoms with van der Waals surface area (Å²) in [5, 5.41) is 3.94. The number of nitrogens with one attached hydrogen (secondary N) is 2. The molecule has 4 unspecified atom stereocenters. The normalized spacial score (nSPS) is 25.0. The highest BCUT2D eigenvalue weighted by Gasteiger charge is 2.56. The Hall–Kier alpha value is -3.51. The summed E-state index contributed by atoms with van der Waals surface area (Å²) in [5.74, 6) is 2.52. The second-order valence-corrected chi connectivity index (χ2v) is 15.1. The molecule has 2 bridgehead atoms. The molecular formula is C32H41FN6O4S. The monoisotopic (exact) mass is 624 g/mol. The number of benzene rings is 2. The molecule has 1 saturated heterocycles. The lowest BCUT2D eigenvalue weighted by molar-refractivity contribution is -0.108. The SMILES string of the molecule is COc1ccc(CCn2cnc3cc(NC(=NC4CC5CC(C4C)C5(C)C)N4CC(NS(C)(=O)=O)C4)ccc3c2=O)c(F)c1. The van der Waals surface area contributed by atoms with E-state index in [9.17, 15) is 17.6 Å². The summed E-state index contributed by atoms with van der Waals surface area (Å²) in [6.07, 6.45) is 5.31. The number of hydrogen-bond donors (Lipinski definition) is 2. The van der Waals surface area contributed by atoms with Crippen molar-refractivity contribution in [3.05, 3.63) is 64.5 Å². The van der Waals surface area contributed by atoms with Crippen LogP contribution >= 0.6 is 0 Å². The van der Waals surface area contributed by atoms with Crippen molar-refractivity contribution < 1.29 is 17.5 Å². The lowest BCUT2D eigenvalue weighted by Gasteiger charge is -2.61. The highest BCUT2D eigenvalue weighted by molar-refractivity contribution is 7.88. The summed E-state index contributed by atoms with van der Waals surface area (Å²) in [7, 11) is -1.81. The minimum Gasteiger partial charge on any atom is -0.497 e.